The van der Waals surface area contributed by atoms with Crippen LogP contribution in [0.25, 0.3) is 11.9 Å². The molecule has 0 spiro atoms. The van der Waals surface area contributed by atoms with E-state index in [1.165, 1.54) is 45.4 Å². The molecule has 0 saturated carbocycles. The summed E-state index contributed by atoms with van der Waals surface area (Å²) in [6, 6.07) is 2.66. The summed E-state index contributed by atoms with van der Waals surface area (Å²) in [5, 5.41) is 0. The van der Waals surface area contributed by atoms with Crippen molar-refractivity contribution in [3.63, 3.8) is 0 Å². The molecule has 0 radical (unpaired) electrons. The number of terminal acetylenes is 1. The number of sulfonamides is 1. The van der Waals surface area contributed by atoms with Gasteiger partial charge in [0, 0.05) is 12.6 Å². The number of ether oxygens (including phenoxy) is 1. The number of halogens is 2. The molecule has 3 rings (SSSR count). The van der Waals surface area contributed by atoms with E-state index in [2.05, 4.69) is 20.9 Å². The average Bonchev–Trinajstić information content (AvgIpc) is 2.76. The summed E-state index contributed by atoms with van der Waals surface area (Å²) >= 11 is 0. The number of aromatic nitrogens is 2. The third-order valence-corrected chi connectivity index (χ3v) is 7.51. The molecule has 0 amide bonds. The van der Waals surface area contributed by atoms with Crippen molar-refractivity contribution in [1.29, 1.82) is 0 Å². The van der Waals surface area contributed by atoms with Crippen LogP contribution < -0.4 is 10.5 Å². The van der Waals surface area contributed by atoms with Crippen LogP contribution in [0.4, 0.5) is 8.78 Å². The first kappa shape index (κ1) is 23.1. The number of nitrogens with two attached hydrogens (primary N) is 1. The van der Waals surface area contributed by atoms with Gasteiger partial charge >= 0.3 is 0 Å². The fourth-order valence-corrected chi connectivity index (χ4v) is 4.60. The van der Waals surface area contributed by atoms with E-state index in [1.807, 2.05) is 0 Å². The Kier molecular flexibility index (Phi) is 6.18. The molecule has 0 unspecified atom stereocenters. The van der Waals surface area contributed by atoms with Gasteiger partial charge in [-0.1, -0.05) is 12.0 Å². The molecule has 8 nitrogen and oxygen atoms in total. The van der Waals surface area contributed by atoms with Crippen LogP contribution in [0.15, 0.2) is 35.6 Å². The van der Waals surface area contributed by atoms with Crippen LogP contribution in [0.2, 0.25) is 0 Å². The smallest absolute Gasteiger partial charge is 0.244 e. The van der Waals surface area contributed by atoms with Crippen molar-refractivity contribution in [3.05, 3.63) is 53.2 Å². The molecule has 2 aromatic rings. The molecule has 1 aliphatic rings. The molecule has 32 heavy (non-hydrogen) atoms. The highest BCUT2D eigenvalue weighted by Crippen LogP contribution is 2.41. The largest absolute Gasteiger partial charge is 0.463 e. The fraction of sp³-hybridized carbons (Fsp3) is 0.286. The molecule has 0 saturated heterocycles. The Morgan fingerprint density at radius 2 is 2.09 bits per heavy atom. The predicted octanol–water partition coefficient (Wildman–Crippen LogP) is 2.50. The summed E-state index contributed by atoms with van der Waals surface area (Å²) in [6.07, 6.45) is 8.61. The molecule has 0 fully saturated rings. The van der Waals surface area contributed by atoms with Gasteiger partial charge in [-0.05, 0) is 37.6 Å². The van der Waals surface area contributed by atoms with E-state index in [9.17, 15) is 17.2 Å². The fourth-order valence-electron chi connectivity index (χ4n) is 3.14. The van der Waals surface area contributed by atoms with Gasteiger partial charge in [-0.2, -0.15) is 0 Å². The lowest BCUT2D eigenvalue weighted by Crippen LogP contribution is -2.55. The van der Waals surface area contributed by atoms with Crippen LogP contribution in [-0.2, 0) is 10.0 Å². The lowest BCUT2D eigenvalue weighted by molar-refractivity contribution is 0.353. The number of benzene rings is 1. The highest BCUT2D eigenvalue weighted by molar-refractivity contribution is 7.91. The number of rotatable bonds is 5. The lowest BCUT2D eigenvalue weighted by atomic mass is 9.93. The molecule has 0 aliphatic carbocycles. The van der Waals surface area contributed by atoms with Crippen LogP contribution in [0.1, 0.15) is 36.7 Å². The van der Waals surface area contributed by atoms with Crippen LogP contribution in [-0.4, -0.2) is 47.1 Å². The van der Waals surface area contributed by atoms with Gasteiger partial charge < -0.3 is 10.5 Å². The highest BCUT2D eigenvalue weighted by Gasteiger charge is 2.50. The standard InChI is InChI=1S/C21H21F2N5O3S/c1-5-8-31-18-12-25-17(11-26-18)16(23)10-13-6-7-15(22)14(9-13)19-21(2,3)32(29,30)28(4)20(24)27-19/h1,6-7,9-12,19H,8H2,2-4H3,(H2,24,27)/b16-10-/t19-/m1/s1. The molecular weight excluding hydrogens is 440 g/mol. The quantitative estimate of drug-likeness (QED) is 0.685. The molecule has 11 heteroatoms. The second kappa shape index (κ2) is 8.55. The van der Waals surface area contributed by atoms with Crippen LogP contribution in [0.3, 0.4) is 0 Å². The van der Waals surface area contributed by atoms with Crippen LogP contribution in [0, 0.1) is 18.2 Å². The van der Waals surface area contributed by atoms with Gasteiger partial charge in [0.2, 0.25) is 21.9 Å². The Morgan fingerprint density at radius 1 is 1.38 bits per heavy atom. The molecule has 1 aromatic heterocycles. The van der Waals surface area contributed by atoms with Gasteiger partial charge in [-0.15, -0.1) is 6.42 Å². The summed E-state index contributed by atoms with van der Waals surface area (Å²) in [5.74, 6) is 0.731. The number of nitrogens with zero attached hydrogens (tertiary/aromatic N) is 4. The van der Waals surface area contributed by atoms with E-state index < -0.39 is 32.5 Å². The first-order valence-electron chi connectivity index (χ1n) is 9.36. The van der Waals surface area contributed by atoms with Crippen molar-refractivity contribution < 1.29 is 21.9 Å². The summed E-state index contributed by atoms with van der Waals surface area (Å²) in [7, 11) is -2.64. The number of aliphatic imine (C=N–C) groups is 1. The van der Waals surface area contributed by atoms with Crippen molar-refractivity contribution >= 4 is 27.9 Å². The molecule has 0 bridgehead atoms. The van der Waals surface area contributed by atoms with E-state index >= 15 is 0 Å². The van der Waals surface area contributed by atoms with E-state index in [4.69, 9.17) is 16.9 Å². The number of guanidine groups is 1. The zero-order chi connectivity index (χ0) is 23.7. The minimum Gasteiger partial charge on any atom is -0.463 e. The first-order valence-corrected chi connectivity index (χ1v) is 10.8. The molecule has 2 N–H and O–H groups in total. The number of hydrogen-bond acceptors (Lipinski definition) is 7. The molecule has 1 aromatic carbocycles. The lowest BCUT2D eigenvalue weighted by Gasteiger charge is -2.39. The van der Waals surface area contributed by atoms with E-state index in [0.29, 0.717) is 0 Å². The van der Waals surface area contributed by atoms with Crippen LogP contribution >= 0.6 is 0 Å². The molecular formula is C21H21F2N5O3S. The Hall–Kier alpha value is -3.52. The third kappa shape index (κ3) is 4.13. The van der Waals surface area contributed by atoms with Gasteiger partial charge in [-0.3, -0.25) is 0 Å². The summed E-state index contributed by atoms with van der Waals surface area (Å²) in [4.78, 5) is 12.0. The van der Waals surface area contributed by atoms with E-state index in [1.54, 1.807) is 0 Å². The van der Waals surface area contributed by atoms with Crippen molar-refractivity contribution in [1.82, 2.24) is 14.3 Å². The van der Waals surface area contributed by atoms with Crippen molar-refractivity contribution in [2.75, 3.05) is 13.7 Å². The molecule has 168 valence electrons. The maximum absolute atomic E-state index is 14.7. The highest BCUT2D eigenvalue weighted by atomic mass is 32.2. The molecule has 1 aliphatic heterocycles. The Labute approximate surface area is 184 Å². The third-order valence-electron chi connectivity index (χ3n) is 5.05. The van der Waals surface area contributed by atoms with Gasteiger partial charge in [0.25, 0.3) is 0 Å². The monoisotopic (exact) mass is 461 g/mol. The van der Waals surface area contributed by atoms with E-state index in [-0.39, 0.29) is 35.3 Å². The molecule has 1 atom stereocenters. The zero-order valence-corrected chi connectivity index (χ0v) is 18.4. The SMILES string of the molecule is C#CCOc1cnc(/C(F)=C/c2ccc(F)c([C@H]3N=C(N)N(C)S(=O)(=O)C3(C)C)c2)cn1. The maximum atomic E-state index is 14.7. The summed E-state index contributed by atoms with van der Waals surface area (Å²) in [6.45, 7) is 2.86. The van der Waals surface area contributed by atoms with Crippen molar-refractivity contribution in [3.8, 4) is 18.2 Å². The van der Waals surface area contributed by atoms with Crippen LogP contribution in [0.5, 0.6) is 5.88 Å². The second-order valence-corrected chi connectivity index (χ2v) is 10.0. The van der Waals surface area contributed by atoms with E-state index in [0.717, 1.165) is 16.4 Å². The van der Waals surface area contributed by atoms with Gasteiger partial charge in [0.1, 0.15) is 22.3 Å². The van der Waals surface area contributed by atoms with Crippen molar-refractivity contribution in [2.24, 2.45) is 10.7 Å². The summed E-state index contributed by atoms with van der Waals surface area (Å²) in [5.41, 5.74) is 5.93. The van der Waals surface area contributed by atoms with Gasteiger partial charge in [-0.25, -0.2) is 36.5 Å². The Bertz CT molecular complexity index is 1240. The topological polar surface area (TPSA) is 111 Å². The predicted molar refractivity (Wildman–Crippen MR) is 117 cm³/mol. The van der Waals surface area contributed by atoms with Gasteiger partial charge in [0.15, 0.2) is 12.4 Å². The Morgan fingerprint density at radius 3 is 2.72 bits per heavy atom. The average molecular weight is 461 g/mol. The minimum atomic E-state index is -3.91. The zero-order valence-electron chi connectivity index (χ0n) is 17.6. The molecule has 2 heterocycles. The number of hydrogen-bond donors (Lipinski definition) is 1. The summed E-state index contributed by atoms with van der Waals surface area (Å²) < 4.78 is 59.5. The normalized spacial score (nSPS) is 19.8. The first-order chi connectivity index (χ1) is 15.0. The van der Waals surface area contributed by atoms with Crippen molar-refractivity contribution in [2.45, 2.75) is 24.6 Å². The minimum absolute atomic E-state index is 0.000721. The maximum Gasteiger partial charge on any atom is 0.244 e. The Balaban J connectivity index is 1.98. The second-order valence-electron chi connectivity index (χ2n) is 7.47. The van der Waals surface area contributed by atoms with Gasteiger partial charge in [0.05, 0.1) is 12.4 Å².